The molecule has 0 bridgehead atoms. The third kappa shape index (κ3) is 2.96. The summed E-state index contributed by atoms with van der Waals surface area (Å²) >= 11 is 0. The quantitative estimate of drug-likeness (QED) is 0.874. The lowest BCUT2D eigenvalue weighted by Crippen LogP contribution is -2.26. The highest BCUT2D eigenvalue weighted by atomic mass is 16.5. The van der Waals surface area contributed by atoms with Crippen molar-refractivity contribution < 1.29 is 9.32 Å². The van der Waals surface area contributed by atoms with Gasteiger partial charge in [-0.3, -0.25) is 4.79 Å². The van der Waals surface area contributed by atoms with Crippen LogP contribution in [0.1, 0.15) is 40.6 Å². The summed E-state index contributed by atoms with van der Waals surface area (Å²) in [6, 6.07) is 1.73. The fourth-order valence-corrected chi connectivity index (χ4v) is 1.83. The van der Waals surface area contributed by atoms with E-state index in [9.17, 15) is 4.79 Å². The molecule has 0 aromatic carbocycles. The number of hydrogen-bond donors (Lipinski definition) is 1. The fourth-order valence-electron chi connectivity index (χ4n) is 1.83. The van der Waals surface area contributed by atoms with Gasteiger partial charge in [0.05, 0.1) is 0 Å². The van der Waals surface area contributed by atoms with E-state index < -0.39 is 0 Å². The lowest BCUT2D eigenvalue weighted by molar-refractivity contribution is 0.0945. The number of carbonyl (C=O) groups excluding carboxylic acids is 1. The van der Waals surface area contributed by atoms with Crippen LogP contribution in [-0.2, 0) is 6.42 Å². The Kier molecular flexibility index (Phi) is 3.22. The van der Waals surface area contributed by atoms with Crippen LogP contribution in [0.4, 0.5) is 0 Å². The second-order valence-electron chi connectivity index (χ2n) is 4.64. The van der Waals surface area contributed by atoms with E-state index in [1.165, 1.54) is 6.33 Å². The summed E-state index contributed by atoms with van der Waals surface area (Å²) in [6.07, 6.45) is 7.91. The van der Waals surface area contributed by atoms with Crippen molar-refractivity contribution in [2.45, 2.75) is 25.2 Å². The zero-order valence-corrected chi connectivity index (χ0v) is 10.4. The summed E-state index contributed by atoms with van der Waals surface area (Å²) < 4.78 is 5.14. The standard InChI is InChI=1S/C13H14N4O2/c18-13(11-5-12(19-17-11)10-1-2-10)16-4-3-9-6-14-8-15-7-9/h5-8,10H,1-4H2,(H,16,18). The molecule has 1 amide bonds. The first-order valence-electron chi connectivity index (χ1n) is 6.31. The van der Waals surface area contributed by atoms with Gasteiger partial charge in [-0.25, -0.2) is 9.97 Å². The average Bonchev–Trinajstić information content (AvgIpc) is 3.17. The first-order valence-corrected chi connectivity index (χ1v) is 6.31. The second-order valence-corrected chi connectivity index (χ2v) is 4.64. The van der Waals surface area contributed by atoms with E-state index >= 15 is 0 Å². The van der Waals surface area contributed by atoms with Crippen LogP contribution in [-0.4, -0.2) is 27.6 Å². The van der Waals surface area contributed by atoms with Crippen LogP contribution in [0.15, 0.2) is 29.3 Å². The number of aromatic nitrogens is 3. The highest BCUT2D eigenvalue weighted by Crippen LogP contribution is 2.40. The minimum atomic E-state index is -0.201. The second kappa shape index (κ2) is 5.17. The van der Waals surface area contributed by atoms with E-state index in [0.717, 1.165) is 24.2 Å². The van der Waals surface area contributed by atoms with Crippen LogP contribution in [0.3, 0.4) is 0 Å². The predicted octanol–water partition coefficient (Wildman–Crippen LogP) is 1.31. The van der Waals surface area contributed by atoms with Crippen molar-refractivity contribution in [3.05, 3.63) is 41.8 Å². The molecule has 6 nitrogen and oxygen atoms in total. The maximum absolute atomic E-state index is 11.8. The molecule has 0 spiro atoms. The number of nitrogens with one attached hydrogen (secondary N) is 1. The highest BCUT2D eigenvalue weighted by molar-refractivity contribution is 5.92. The molecule has 0 atom stereocenters. The molecule has 0 unspecified atom stereocenters. The number of carbonyl (C=O) groups is 1. The molecule has 19 heavy (non-hydrogen) atoms. The van der Waals surface area contributed by atoms with Gasteiger partial charge in [-0.1, -0.05) is 5.16 Å². The Morgan fingerprint density at radius 3 is 2.89 bits per heavy atom. The van der Waals surface area contributed by atoms with Gasteiger partial charge in [-0.05, 0) is 24.8 Å². The third-order valence-corrected chi connectivity index (χ3v) is 3.05. The van der Waals surface area contributed by atoms with Crippen LogP contribution in [0, 0.1) is 0 Å². The zero-order chi connectivity index (χ0) is 13.1. The molecule has 1 aliphatic carbocycles. The van der Waals surface area contributed by atoms with E-state index in [-0.39, 0.29) is 5.91 Å². The molecule has 98 valence electrons. The Morgan fingerprint density at radius 2 is 2.16 bits per heavy atom. The van der Waals surface area contributed by atoms with Crippen molar-refractivity contribution >= 4 is 5.91 Å². The molecule has 3 rings (SSSR count). The molecule has 1 saturated carbocycles. The number of rotatable bonds is 5. The highest BCUT2D eigenvalue weighted by Gasteiger charge is 2.28. The molecule has 2 aromatic rings. The van der Waals surface area contributed by atoms with Crippen LogP contribution in [0.5, 0.6) is 0 Å². The fraction of sp³-hybridized carbons (Fsp3) is 0.385. The van der Waals surface area contributed by atoms with Gasteiger partial charge >= 0.3 is 0 Å². The molecular formula is C13H14N4O2. The van der Waals surface area contributed by atoms with Crippen molar-refractivity contribution in [2.75, 3.05) is 6.54 Å². The van der Waals surface area contributed by atoms with Gasteiger partial charge in [0.2, 0.25) is 0 Å². The molecule has 2 heterocycles. The van der Waals surface area contributed by atoms with E-state index in [1.807, 2.05) is 0 Å². The molecule has 1 N–H and O–H groups in total. The maximum atomic E-state index is 11.8. The van der Waals surface area contributed by atoms with Crippen LogP contribution in [0.2, 0.25) is 0 Å². The van der Waals surface area contributed by atoms with Gasteiger partial charge in [-0.15, -0.1) is 0 Å². The first kappa shape index (κ1) is 11.8. The van der Waals surface area contributed by atoms with E-state index in [2.05, 4.69) is 20.4 Å². The Hall–Kier alpha value is -2.24. The summed E-state index contributed by atoms with van der Waals surface area (Å²) in [5, 5.41) is 6.59. The van der Waals surface area contributed by atoms with Crippen molar-refractivity contribution in [2.24, 2.45) is 0 Å². The predicted molar refractivity (Wildman–Crippen MR) is 66.5 cm³/mol. The van der Waals surface area contributed by atoms with Gasteiger partial charge in [0.15, 0.2) is 5.69 Å². The monoisotopic (exact) mass is 258 g/mol. The normalized spacial score (nSPS) is 14.3. The molecule has 2 aromatic heterocycles. The molecular weight excluding hydrogens is 244 g/mol. The van der Waals surface area contributed by atoms with Gasteiger partial charge in [-0.2, -0.15) is 0 Å². The van der Waals surface area contributed by atoms with Crippen molar-refractivity contribution in [1.29, 1.82) is 0 Å². The minimum Gasteiger partial charge on any atom is -0.360 e. The summed E-state index contributed by atoms with van der Waals surface area (Å²) in [6.45, 7) is 0.526. The third-order valence-electron chi connectivity index (χ3n) is 3.05. The van der Waals surface area contributed by atoms with E-state index in [1.54, 1.807) is 18.5 Å². The van der Waals surface area contributed by atoms with Crippen molar-refractivity contribution in [1.82, 2.24) is 20.4 Å². The van der Waals surface area contributed by atoms with E-state index in [0.29, 0.717) is 24.6 Å². The molecule has 0 radical (unpaired) electrons. The lowest BCUT2D eigenvalue weighted by atomic mass is 10.2. The SMILES string of the molecule is O=C(NCCc1cncnc1)c1cc(C2CC2)on1. The Morgan fingerprint density at radius 1 is 1.37 bits per heavy atom. The van der Waals surface area contributed by atoms with Crippen molar-refractivity contribution in [3.63, 3.8) is 0 Å². The topological polar surface area (TPSA) is 80.9 Å². The first-order chi connectivity index (χ1) is 9.33. The summed E-state index contributed by atoms with van der Waals surface area (Å²) in [4.78, 5) is 19.7. The Bertz CT molecular complexity index is 563. The van der Waals surface area contributed by atoms with Gasteiger partial charge in [0, 0.05) is 30.9 Å². The molecule has 1 fully saturated rings. The lowest BCUT2D eigenvalue weighted by Gasteiger charge is -2.01. The zero-order valence-electron chi connectivity index (χ0n) is 10.4. The summed E-state index contributed by atoms with van der Waals surface area (Å²) in [5.41, 5.74) is 1.34. The summed E-state index contributed by atoms with van der Waals surface area (Å²) in [5.74, 6) is 1.09. The maximum Gasteiger partial charge on any atom is 0.273 e. The van der Waals surface area contributed by atoms with Crippen molar-refractivity contribution in [3.8, 4) is 0 Å². The molecule has 0 saturated heterocycles. The van der Waals surface area contributed by atoms with Gasteiger partial charge in [0.1, 0.15) is 12.1 Å². The van der Waals surface area contributed by atoms with Crippen LogP contribution < -0.4 is 5.32 Å². The minimum absolute atomic E-state index is 0.201. The smallest absolute Gasteiger partial charge is 0.273 e. The Labute approximate surface area is 110 Å². The van der Waals surface area contributed by atoms with Crippen LogP contribution in [0.25, 0.3) is 0 Å². The number of amides is 1. The number of hydrogen-bond acceptors (Lipinski definition) is 5. The summed E-state index contributed by atoms with van der Waals surface area (Å²) in [7, 11) is 0. The molecule has 1 aliphatic rings. The average molecular weight is 258 g/mol. The molecule has 6 heteroatoms. The van der Waals surface area contributed by atoms with Gasteiger partial charge < -0.3 is 9.84 Å². The number of nitrogens with zero attached hydrogens (tertiary/aromatic N) is 3. The largest absolute Gasteiger partial charge is 0.360 e. The van der Waals surface area contributed by atoms with E-state index in [4.69, 9.17) is 4.52 Å². The Balaban J connectivity index is 1.50. The van der Waals surface area contributed by atoms with Crippen LogP contribution >= 0.6 is 0 Å². The van der Waals surface area contributed by atoms with Gasteiger partial charge in [0.25, 0.3) is 5.91 Å². The molecule has 0 aliphatic heterocycles.